The monoisotopic (exact) mass is 342 g/mol. The van der Waals surface area contributed by atoms with Gasteiger partial charge in [0.25, 0.3) is 0 Å². The number of amides is 3. The van der Waals surface area contributed by atoms with Gasteiger partial charge in [-0.3, -0.25) is 4.79 Å². The van der Waals surface area contributed by atoms with Crippen LogP contribution in [0.15, 0.2) is 18.2 Å². The van der Waals surface area contributed by atoms with Gasteiger partial charge in [-0.1, -0.05) is 6.07 Å². The Morgan fingerprint density at radius 1 is 1.20 bits per heavy atom. The van der Waals surface area contributed by atoms with Gasteiger partial charge in [0, 0.05) is 36.9 Å². The number of hydrogen-bond donors (Lipinski definition) is 2. The molecule has 2 bridgehead atoms. The minimum absolute atomic E-state index is 0.147. The van der Waals surface area contributed by atoms with Crippen LogP contribution in [0.25, 0.3) is 0 Å². The molecule has 0 unspecified atom stereocenters. The largest absolute Gasteiger partial charge is 0.334 e. The summed E-state index contributed by atoms with van der Waals surface area (Å²) in [5.74, 6) is 0.761. The van der Waals surface area contributed by atoms with Gasteiger partial charge in [0.1, 0.15) is 0 Å². The highest BCUT2D eigenvalue weighted by atomic mass is 16.2. The molecule has 0 saturated carbocycles. The van der Waals surface area contributed by atoms with Crippen LogP contribution in [0.5, 0.6) is 0 Å². The van der Waals surface area contributed by atoms with Gasteiger partial charge in [0.15, 0.2) is 0 Å². The second-order valence-electron chi connectivity index (χ2n) is 7.49. The van der Waals surface area contributed by atoms with Gasteiger partial charge in [-0.15, -0.1) is 0 Å². The normalized spacial score (nSPS) is 28.3. The summed E-state index contributed by atoms with van der Waals surface area (Å²) in [5.41, 5.74) is 2.64. The number of urea groups is 1. The molecule has 1 atom stereocenters. The number of rotatable bonds is 3. The molecular formula is C19H26N4O2. The van der Waals surface area contributed by atoms with E-state index >= 15 is 0 Å². The highest BCUT2D eigenvalue weighted by molar-refractivity contribution is 5.97. The Bertz CT molecular complexity index is 682. The lowest BCUT2D eigenvalue weighted by Gasteiger charge is -2.44. The molecule has 1 aromatic carbocycles. The third-order valence-corrected chi connectivity index (χ3v) is 5.83. The predicted octanol–water partition coefficient (Wildman–Crippen LogP) is 2.34. The fourth-order valence-corrected chi connectivity index (χ4v) is 4.29. The Morgan fingerprint density at radius 2 is 2.00 bits per heavy atom. The Morgan fingerprint density at radius 3 is 2.64 bits per heavy atom. The molecule has 25 heavy (non-hydrogen) atoms. The van der Waals surface area contributed by atoms with Crippen LogP contribution < -0.4 is 15.5 Å². The molecule has 4 saturated heterocycles. The Hall–Kier alpha value is -2.08. The summed E-state index contributed by atoms with van der Waals surface area (Å²) in [7, 11) is 0. The van der Waals surface area contributed by atoms with E-state index in [-0.39, 0.29) is 18.0 Å². The van der Waals surface area contributed by atoms with E-state index in [0.717, 1.165) is 49.5 Å². The van der Waals surface area contributed by atoms with E-state index < -0.39 is 0 Å². The Balaban J connectivity index is 1.43. The van der Waals surface area contributed by atoms with E-state index in [1.54, 1.807) is 4.90 Å². The van der Waals surface area contributed by atoms with Crippen molar-refractivity contribution in [2.24, 2.45) is 5.92 Å². The summed E-state index contributed by atoms with van der Waals surface area (Å²) < 4.78 is 0. The number of anilines is 2. The summed E-state index contributed by atoms with van der Waals surface area (Å²) >= 11 is 0. The third kappa shape index (κ3) is 3.35. The van der Waals surface area contributed by atoms with Crippen molar-refractivity contribution in [2.45, 2.75) is 38.6 Å². The molecule has 6 nitrogen and oxygen atoms in total. The lowest BCUT2D eigenvalue weighted by atomic mass is 9.84. The minimum atomic E-state index is -0.147. The van der Waals surface area contributed by atoms with Crippen LogP contribution in [0.3, 0.4) is 0 Å². The Labute approximate surface area is 148 Å². The van der Waals surface area contributed by atoms with Crippen molar-refractivity contribution < 1.29 is 9.59 Å². The summed E-state index contributed by atoms with van der Waals surface area (Å²) in [6, 6.07) is 5.92. The van der Waals surface area contributed by atoms with Crippen molar-refractivity contribution in [3.8, 4) is 0 Å². The molecule has 4 fully saturated rings. The molecule has 0 radical (unpaired) electrons. The molecule has 5 rings (SSSR count). The maximum absolute atomic E-state index is 12.5. The number of fused-ring (bicyclic) bond motifs is 3. The maximum Gasteiger partial charge on any atom is 0.319 e. The Kier molecular flexibility index (Phi) is 4.37. The minimum Gasteiger partial charge on any atom is -0.334 e. The fourth-order valence-electron chi connectivity index (χ4n) is 4.29. The van der Waals surface area contributed by atoms with Gasteiger partial charge in [-0.25, -0.2) is 4.79 Å². The molecule has 6 heteroatoms. The molecule has 4 heterocycles. The molecule has 0 spiro atoms. The van der Waals surface area contributed by atoms with E-state index in [4.69, 9.17) is 0 Å². The first-order valence-electron chi connectivity index (χ1n) is 9.31. The molecule has 2 N–H and O–H groups in total. The lowest BCUT2D eigenvalue weighted by molar-refractivity contribution is -0.117. The molecular weight excluding hydrogens is 316 g/mol. The first-order chi connectivity index (χ1) is 12.1. The predicted molar refractivity (Wildman–Crippen MR) is 97.9 cm³/mol. The number of nitrogens with one attached hydrogen (secondary N) is 2. The van der Waals surface area contributed by atoms with Crippen molar-refractivity contribution >= 4 is 23.3 Å². The quantitative estimate of drug-likeness (QED) is 0.886. The van der Waals surface area contributed by atoms with Crippen LogP contribution in [-0.2, 0) is 4.79 Å². The molecule has 134 valence electrons. The third-order valence-electron chi connectivity index (χ3n) is 5.83. The number of aryl methyl sites for hydroxylation is 1. The standard InChI is InChI=1S/C19H26N4O2/c1-13-4-5-15(23-8-2-3-18(23)24)11-16(13)20-19(25)21-17-12-22-9-6-14(17)7-10-22/h4-5,11,14,17H,2-3,6-10,12H2,1H3,(H2,20,21,25)/t17-/m0/s1. The smallest absolute Gasteiger partial charge is 0.319 e. The number of nitrogens with zero attached hydrogens (tertiary/aromatic N) is 2. The topological polar surface area (TPSA) is 64.7 Å². The molecule has 3 amide bonds. The van der Waals surface area contributed by atoms with E-state index in [2.05, 4.69) is 15.5 Å². The zero-order valence-electron chi connectivity index (χ0n) is 14.8. The van der Waals surface area contributed by atoms with E-state index in [1.165, 1.54) is 12.8 Å². The average Bonchev–Trinajstić information content (AvgIpc) is 3.04. The molecule has 0 aliphatic carbocycles. The van der Waals surface area contributed by atoms with Crippen molar-refractivity contribution in [3.05, 3.63) is 23.8 Å². The summed E-state index contributed by atoms with van der Waals surface area (Å²) in [6.07, 6.45) is 3.86. The van der Waals surface area contributed by atoms with Crippen LogP contribution in [0.4, 0.5) is 16.2 Å². The number of carbonyl (C=O) groups is 2. The first kappa shape index (κ1) is 16.4. The number of carbonyl (C=O) groups excluding carboxylic acids is 2. The summed E-state index contributed by atoms with van der Waals surface area (Å²) in [5, 5.41) is 6.14. The zero-order valence-corrected chi connectivity index (χ0v) is 14.8. The fraction of sp³-hybridized carbons (Fsp3) is 0.579. The van der Waals surface area contributed by atoms with Crippen molar-refractivity contribution in [1.82, 2.24) is 10.2 Å². The number of piperidine rings is 3. The highest BCUT2D eigenvalue weighted by Crippen LogP contribution is 2.29. The number of hydrogen-bond acceptors (Lipinski definition) is 3. The first-order valence-corrected chi connectivity index (χ1v) is 9.31. The van der Waals surface area contributed by atoms with Crippen LogP contribution >= 0.6 is 0 Å². The zero-order chi connectivity index (χ0) is 17.4. The maximum atomic E-state index is 12.5. The average molecular weight is 342 g/mol. The molecule has 0 aromatic heterocycles. The lowest BCUT2D eigenvalue weighted by Crippen LogP contribution is -2.57. The van der Waals surface area contributed by atoms with Crippen LogP contribution in [0.2, 0.25) is 0 Å². The van der Waals surface area contributed by atoms with Crippen LogP contribution in [0, 0.1) is 12.8 Å². The van der Waals surface area contributed by atoms with E-state index in [9.17, 15) is 9.59 Å². The van der Waals surface area contributed by atoms with Gasteiger partial charge in [0.2, 0.25) is 5.91 Å². The van der Waals surface area contributed by atoms with Crippen LogP contribution in [0.1, 0.15) is 31.2 Å². The van der Waals surface area contributed by atoms with E-state index in [0.29, 0.717) is 12.3 Å². The van der Waals surface area contributed by atoms with Gasteiger partial charge in [-0.2, -0.15) is 0 Å². The van der Waals surface area contributed by atoms with Gasteiger partial charge in [-0.05, 0) is 62.9 Å². The molecule has 4 aliphatic rings. The second-order valence-corrected chi connectivity index (χ2v) is 7.49. The van der Waals surface area contributed by atoms with Crippen molar-refractivity contribution in [3.63, 3.8) is 0 Å². The molecule has 1 aromatic rings. The number of benzene rings is 1. The van der Waals surface area contributed by atoms with E-state index in [1.807, 2.05) is 25.1 Å². The SMILES string of the molecule is Cc1ccc(N2CCCC2=O)cc1NC(=O)N[C@H]1CN2CCC1CC2. The van der Waals surface area contributed by atoms with Crippen LogP contribution in [-0.4, -0.2) is 49.1 Å². The van der Waals surface area contributed by atoms with Crippen molar-refractivity contribution in [2.75, 3.05) is 36.4 Å². The molecule has 4 aliphatic heterocycles. The summed E-state index contributed by atoms with van der Waals surface area (Å²) in [4.78, 5) is 28.7. The summed E-state index contributed by atoms with van der Waals surface area (Å²) in [6.45, 7) is 6.01. The van der Waals surface area contributed by atoms with Gasteiger partial charge in [0.05, 0.1) is 0 Å². The highest BCUT2D eigenvalue weighted by Gasteiger charge is 2.34. The van der Waals surface area contributed by atoms with Gasteiger partial charge >= 0.3 is 6.03 Å². The van der Waals surface area contributed by atoms with Crippen molar-refractivity contribution in [1.29, 1.82) is 0 Å². The van der Waals surface area contributed by atoms with Gasteiger partial charge < -0.3 is 20.4 Å². The second kappa shape index (κ2) is 6.67.